The minimum atomic E-state index is -4.00. The van der Waals surface area contributed by atoms with Crippen molar-refractivity contribution in [1.29, 1.82) is 0 Å². The fourth-order valence-electron chi connectivity index (χ4n) is 4.34. The summed E-state index contributed by atoms with van der Waals surface area (Å²) in [6.45, 7) is 3.22. The molecule has 0 saturated carbocycles. The standard InChI is InChI=1S/C27H29ClN2O4S/c1-21-7-11-24(12-8-21)30(35(32,33)25-13-9-23(28)10-14-25)19-26(31)29-20-27(15-17-34-18-16-27)22-5-3-2-4-6-22/h2-14H,15-20H2,1H3,(H,29,31). The number of rotatable bonds is 8. The lowest BCUT2D eigenvalue weighted by molar-refractivity contribution is -0.120. The summed E-state index contributed by atoms with van der Waals surface area (Å²) in [6.07, 6.45) is 1.56. The predicted octanol–water partition coefficient (Wildman–Crippen LogP) is 4.71. The van der Waals surface area contributed by atoms with Crippen LogP contribution in [-0.4, -0.2) is 40.6 Å². The van der Waals surface area contributed by atoms with E-state index in [0.717, 1.165) is 28.3 Å². The van der Waals surface area contributed by atoms with Gasteiger partial charge in [0.05, 0.1) is 10.6 Å². The molecule has 3 aromatic rings. The number of halogens is 1. The molecule has 6 nitrogen and oxygen atoms in total. The highest BCUT2D eigenvalue weighted by atomic mass is 35.5. The highest BCUT2D eigenvalue weighted by Gasteiger charge is 2.35. The number of carbonyl (C=O) groups excluding carboxylic acids is 1. The summed E-state index contributed by atoms with van der Waals surface area (Å²) in [5.41, 5.74) is 2.31. The van der Waals surface area contributed by atoms with E-state index in [2.05, 4.69) is 17.4 Å². The molecule has 1 aliphatic heterocycles. The van der Waals surface area contributed by atoms with Gasteiger partial charge in [-0.3, -0.25) is 9.10 Å². The molecule has 1 fully saturated rings. The third-order valence-electron chi connectivity index (χ3n) is 6.47. The Bertz CT molecular complexity index is 1240. The summed E-state index contributed by atoms with van der Waals surface area (Å²) in [7, 11) is -4.00. The number of aryl methyl sites for hydroxylation is 1. The second-order valence-electron chi connectivity index (χ2n) is 8.84. The van der Waals surface area contributed by atoms with E-state index in [0.29, 0.717) is 30.5 Å². The van der Waals surface area contributed by atoms with Crippen molar-refractivity contribution in [2.75, 3.05) is 30.6 Å². The molecule has 1 N–H and O–H groups in total. The number of amides is 1. The van der Waals surface area contributed by atoms with E-state index in [1.54, 1.807) is 12.1 Å². The van der Waals surface area contributed by atoms with Crippen LogP contribution < -0.4 is 9.62 Å². The number of ether oxygens (including phenoxy) is 1. The average molecular weight is 513 g/mol. The summed E-state index contributed by atoms with van der Waals surface area (Å²) in [5, 5.41) is 3.45. The largest absolute Gasteiger partial charge is 0.381 e. The van der Waals surface area contributed by atoms with Crippen molar-refractivity contribution >= 4 is 33.2 Å². The Kier molecular flexibility index (Phi) is 7.79. The van der Waals surface area contributed by atoms with Crippen LogP contribution in [0.1, 0.15) is 24.0 Å². The van der Waals surface area contributed by atoms with Crippen molar-refractivity contribution < 1.29 is 17.9 Å². The van der Waals surface area contributed by atoms with Crippen molar-refractivity contribution in [3.8, 4) is 0 Å². The lowest BCUT2D eigenvalue weighted by atomic mass is 9.74. The number of hydrogen-bond acceptors (Lipinski definition) is 4. The van der Waals surface area contributed by atoms with E-state index in [4.69, 9.17) is 16.3 Å². The molecule has 1 amide bonds. The van der Waals surface area contributed by atoms with E-state index in [1.807, 2.05) is 37.3 Å². The molecule has 184 valence electrons. The Balaban J connectivity index is 1.57. The molecule has 0 bridgehead atoms. The van der Waals surface area contributed by atoms with Gasteiger partial charge in [0, 0.05) is 30.2 Å². The molecule has 0 radical (unpaired) electrons. The lowest BCUT2D eigenvalue weighted by Gasteiger charge is -2.38. The summed E-state index contributed by atoms with van der Waals surface area (Å²) in [5.74, 6) is -0.370. The number of nitrogens with zero attached hydrogens (tertiary/aromatic N) is 1. The quantitative estimate of drug-likeness (QED) is 0.474. The van der Waals surface area contributed by atoms with E-state index in [9.17, 15) is 13.2 Å². The van der Waals surface area contributed by atoms with Gasteiger partial charge in [0.25, 0.3) is 10.0 Å². The van der Waals surface area contributed by atoms with Gasteiger partial charge in [-0.1, -0.05) is 59.6 Å². The van der Waals surface area contributed by atoms with Gasteiger partial charge < -0.3 is 10.1 Å². The minimum Gasteiger partial charge on any atom is -0.381 e. The van der Waals surface area contributed by atoms with Crippen LogP contribution in [0.15, 0.2) is 83.8 Å². The Hall–Kier alpha value is -2.87. The van der Waals surface area contributed by atoms with Crippen LogP contribution in [0.5, 0.6) is 0 Å². The number of nitrogens with one attached hydrogen (secondary N) is 1. The Labute approximate surface area is 211 Å². The predicted molar refractivity (Wildman–Crippen MR) is 138 cm³/mol. The molecule has 0 aromatic heterocycles. The zero-order chi connectivity index (χ0) is 24.9. The summed E-state index contributed by atoms with van der Waals surface area (Å²) >= 11 is 5.96. The minimum absolute atomic E-state index is 0.0699. The molecule has 1 aliphatic rings. The van der Waals surface area contributed by atoms with E-state index >= 15 is 0 Å². The van der Waals surface area contributed by atoms with Crippen molar-refractivity contribution in [1.82, 2.24) is 5.32 Å². The molecular weight excluding hydrogens is 484 g/mol. The van der Waals surface area contributed by atoms with Gasteiger partial charge in [-0.15, -0.1) is 0 Å². The number of sulfonamides is 1. The molecule has 0 atom stereocenters. The molecule has 3 aromatic carbocycles. The third-order valence-corrected chi connectivity index (χ3v) is 8.51. The first-order chi connectivity index (χ1) is 16.8. The zero-order valence-electron chi connectivity index (χ0n) is 19.6. The molecule has 0 aliphatic carbocycles. The van der Waals surface area contributed by atoms with Crippen molar-refractivity contribution in [3.63, 3.8) is 0 Å². The second-order valence-corrected chi connectivity index (χ2v) is 11.1. The molecule has 1 heterocycles. The van der Waals surface area contributed by atoms with E-state index in [-0.39, 0.29) is 22.8 Å². The SMILES string of the molecule is Cc1ccc(N(CC(=O)NCC2(c3ccccc3)CCOCC2)S(=O)(=O)c2ccc(Cl)cc2)cc1. The normalized spacial score (nSPS) is 15.4. The Morgan fingerprint density at radius 2 is 1.60 bits per heavy atom. The lowest BCUT2D eigenvalue weighted by Crippen LogP contribution is -2.48. The maximum atomic E-state index is 13.5. The number of benzene rings is 3. The second kappa shape index (κ2) is 10.8. The summed E-state index contributed by atoms with van der Waals surface area (Å²) in [4.78, 5) is 13.2. The van der Waals surface area contributed by atoms with Crippen LogP contribution in [-0.2, 0) is 25.0 Å². The smallest absolute Gasteiger partial charge is 0.264 e. The van der Waals surface area contributed by atoms with Crippen LogP contribution in [0.4, 0.5) is 5.69 Å². The first kappa shape index (κ1) is 25.2. The van der Waals surface area contributed by atoms with Gasteiger partial charge in [0.2, 0.25) is 5.91 Å². The van der Waals surface area contributed by atoms with Crippen molar-refractivity contribution in [2.45, 2.75) is 30.1 Å². The first-order valence-corrected chi connectivity index (χ1v) is 13.4. The van der Waals surface area contributed by atoms with Crippen LogP contribution in [0.3, 0.4) is 0 Å². The van der Waals surface area contributed by atoms with Gasteiger partial charge in [0.15, 0.2) is 0 Å². The zero-order valence-corrected chi connectivity index (χ0v) is 21.2. The third kappa shape index (κ3) is 5.86. The van der Waals surface area contributed by atoms with Crippen molar-refractivity contribution in [3.05, 3.63) is 95.0 Å². The Morgan fingerprint density at radius 3 is 2.23 bits per heavy atom. The molecule has 4 rings (SSSR count). The fourth-order valence-corrected chi connectivity index (χ4v) is 5.88. The van der Waals surface area contributed by atoms with Gasteiger partial charge in [-0.05, 0) is 61.7 Å². The van der Waals surface area contributed by atoms with Gasteiger partial charge >= 0.3 is 0 Å². The summed E-state index contributed by atoms with van der Waals surface area (Å²) < 4.78 is 33.8. The highest BCUT2D eigenvalue weighted by molar-refractivity contribution is 7.92. The van der Waals surface area contributed by atoms with Gasteiger partial charge in [-0.2, -0.15) is 0 Å². The molecule has 0 unspecified atom stereocenters. The molecule has 1 saturated heterocycles. The molecule has 35 heavy (non-hydrogen) atoms. The average Bonchev–Trinajstić information content (AvgIpc) is 2.88. The Morgan fingerprint density at radius 1 is 0.971 bits per heavy atom. The van der Waals surface area contributed by atoms with Crippen LogP contribution in [0.25, 0.3) is 0 Å². The van der Waals surface area contributed by atoms with Crippen LogP contribution in [0.2, 0.25) is 5.02 Å². The molecular formula is C27H29ClN2O4S. The van der Waals surface area contributed by atoms with Gasteiger partial charge in [0.1, 0.15) is 6.54 Å². The monoisotopic (exact) mass is 512 g/mol. The number of hydrogen-bond donors (Lipinski definition) is 1. The van der Waals surface area contributed by atoms with Crippen molar-refractivity contribution in [2.24, 2.45) is 0 Å². The van der Waals surface area contributed by atoms with E-state index in [1.165, 1.54) is 24.3 Å². The molecule has 0 spiro atoms. The number of carbonyl (C=O) groups is 1. The number of anilines is 1. The first-order valence-electron chi connectivity index (χ1n) is 11.6. The van der Waals surface area contributed by atoms with Crippen LogP contribution in [0, 0.1) is 6.92 Å². The molecule has 8 heteroatoms. The highest BCUT2D eigenvalue weighted by Crippen LogP contribution is 2.34. The maximum absolute atomic E-state index is 13.5. The summed E-state index contributed by atoms with van der Waals surface area (Å²) in [6, 6.07) is 23.1. The maximum Gasteiger partial charge on any atom is 0.264 e. The topological polar surface area (TPSA) is 75.7 Å². The van der Waals surface area contributed by atoms with Gasteiger partial charge in [-0.25, -0.2) is 8.42 Å². The van der Waals surface area contributed by atoms with E-state index < -0.39 is 10.0 Å². The fraction of sp³-hybridized carbons (Fsp3) is 0.296. The van der Waals surface area contributed by atoms with Crippen LogP contribution >= 0.6 is 11.6 Å².